The van der Waals surface area contributed by atoms with Gasteiger partial charge in [-0.15, -0.1) is 0 Å². The Hall–Kier alpha value is -3.95. The van der Waals surface area contributed by atoms with E-state index in [4.69, 9.17) is 0 Å². The lowest BCUT2D eigenvalue weighted by molar-refractivity contribution is -0.384. The summed E-state index contributed by atoms with van der Waals surface area (Å²) in [5, 5.41) is 14.5. The van der Waals surface area contributed by atoms with Crippen LogP contribution in [-0.2, 0) is 16.1 Å². The van der Waals surface area contributed by atoms with Gasteiger partial charge in [0.15, 0.2) is 0 Å². The van der Waals surface area contributed by atoms with E-state index in [1.54, 1.807) is 47.2 Å². The maximum atomic E-state index is 12.8. The largest absolute Gasteiger partial charge is 0.362 e. The second-order valence-electron chi connectivity index (χ2n) is 7.98. The minimum absolute atomic E-state index is 0.0202. The predicted octanol–water partition coefficient (Wildman–Crippen LogP) is 2.49. The van der Waals surface area contributed by atoms with Crippen LogP contribution in [0.2, 0.25) is 0 Å². The van der Waals surface area contributed by atoms with Gasteiger partial charge in [-0.05, 0) is 29.8 Å². The van der Waals surface area contributed by atoms with Gasteiger partial charge in [0, 0.05) is 70.9 Å². The van der Waals surface area contributed by atoms with Gasteiger partial charge in [-0.2, -0.15) is 0 Å². The van der Waals surface area contributed by atoms with Crippen molar-refractivity contribution in [1.82, 2.24) is 9.80 Å². The van der Waals surface area contributed by atoms with Crippen LogP contribution in [0.25, 0.3) is 0 Å². The number of amides is 3. The number of piperazine rings is 1. The number of nitrogens with zero attached hydrogens (tertiary/aromatic N) is 4. The topological polar surface area (TPSA) is 116 Å². The molecular weight excluding hydrogens is 426 g/mol. The van der Waals surface area contributed by atoms with E-state index in [-0.39, 0.29) is 23.1 Å². The SMILES string of the molecule is CC(=O)N(C)Cc1cccc(NC(=O)c2ccc(N3CCN(C(C)=O)CC3)c([N+](=O)[O-])c2)c1. The summed E-state index contributed by atoms with van der Waals surface area (Å²) < 4.78 is 0. The van der Waals surface area contributed by atoms with Gasteiger partial charge in [0.1, 0.15) is 5.69 Å². The molecule has 10 nitrogen and oxygen atoms in total. The highest BCUT2D eigenvalue weighted by atomic mass is 16.6. The number of carbonyl (C=O) groups is 3. The van der Waals surface area contributed by atoms with Crippen LogP contribution in [0, 0.1) is 10.1 Å². The van der Waals surface area contributed by atoms with Crippen LogP contribution in [0.4, 0.5) is 17.1 Å². The Labute approximate surface area is 191 Å². The molecular formula is C23H27N5O5. The van der Waals surface area contributed by atoms with Gasteiger partial charge < -0.3 is 20.0 Å². The monoisotopic (exact) mass is 453 g/mol. The zero-order valence-electron chi connectivity index (χ0n) is 18.9. The Morgan fingerprint density at radius 3 is 2.36 bits per heavy atom. The van der Waals surface area contributed by atoms with Crippen molar-refractivity contribution >= 4 is 34.8 Å². The van der Waals surface area contributed by atoms with Crippen LogP contribution < -0.4 is 10.2 Å². The zero-order valence-corrected chi connectivity index (χ0v) is 18.9. The summed E-state index contributed by atoms with van der Waals surface area (Å²) in [6.45, 7) is 5.32. The van der Waals surface area contributed by atoms with Gasteiger partial charge in [0.25, 0.3) is 11.6 Å². The fraction of sp³-hybridized carbons (Fsp3) is 0.348. The number of hydrogen-bond donors (Lipinski definition) is 1. The summed E-state index contributed by atoms with van der Waals surface area (Å²) in [4.78, 5) is 52.1. The van der Waals surface area contributed by atoms with E-state index in [1.807, 2.05) is 11.0 Å². The molecule has 1 fully saturated rings. The molecule has 0 aromatic heterocycles. The molecule has 3 amide bonds. The number of hydrogen-bond acceptors (Lipinski definition) is 6. The van der Waals surface area contributed by atoms with Crippen molar-refractivity contribution in [3.63, 3.8) is 0 Å². The lowest BCUT2D eigenvalue weighted by Crippen LogP contribution is -2.48. The first-order valence-electron chi connectivity index (χ1n) is 10.6. The number of carbonyl (C=O) groups excluding carboxylic acids is 3. The highest BCUT2D eigenvalue weighted by molar-refractivity contribution is 6.05. The molecule has 10 heteroatoms. The Kier molecular flexibility index (Phi) is 7.27. The molecule has 0 atom stereocenters. The van der Waals surface area contributed by atoms with Gasteiger partial charge in [-0.3, -0.25) is 24.5 Å². The van der Waals surface area contributed by atoms with Gasteiger partial charge in [-0.1, -0.05) is 12.1 Å². The fourth-order valence-electron chi connectivity index (χ4n) is 3.68. The van der Waals surface area contributed by atoms with Crippen molar-refractivity contribution in [1.29, 1.82) is 0 Å². The second-order valence-corrected chi connectivity index (χ2v) is 7.98. The summed E-state index contributed by atoms with van der Waals surface area (Å²) in [5.41, 5.74) is 1.81. The molecule has 0 radical (unpaired) electrons. The first-order valence-corrected chi connectivity index (χ1v) is 10.6. The molecule has 33 heavy (non-hydrogen) atoms. The molecule has 3 rings (SSSR count). The Balaban J connectivity index is 1.75. The van der Waals surface area contributed by atoms with Crippen LogP contribution in [0.15, 0.2) is 42.5 Å². The molecule has 174 valence electrons. The summed E-state index contributed by atoms with van der Waals surface area (Å²) in [6.07, 6.45) is 0. The first-order chi connectivity index (χ1) is 15.7. The molecule has 1 heterocycles. The second kappa shape index (κ2) is 10.1. The van der Waals surface area contributed by atoms with E-state index in [0.29, 0.717) is 44.1 Å². The molecule has 2 aromatic carbocycles. The van der Waals surface area contributed by atoms with Gasteiger partial charge in [0.05, 0.1) is 4.92 Å². The molecule has 2 aromatic rings. The molecule has 0 aliphatic carbocycles. The molecule has 1 saturated heterocycles. The van der Waals surface area contributed by atoms with Gasteiger partial charge >= 0.3 is 0 Å². The molecule has 0 saturated carbocycles. The highest BCUT2D eigenvalue weighted by Gasteiger charge is 2.26. The highest BCUT2D eigenvalue weighted by Crippen LogP contribution is 2.30. The molecule has 1 N–H and O–H groups in total. The van der Waals surface area contributed by atoms with E-state index < -0.39 is 10.8 Å². The number of nitro groups is 1. The number of rotatable bonds is 6. The zero-order chi connectivity index (χ0) is 24.1. The standard InChI is InChI=1S/C23H27N5O5/c1-16(29)25(3)15-18-5-4-6-20(13-18)24-23(31)19-7-8-21(22(14-19)28(32)33)27-11-9-26(10-12-27)17(2)30/h4-8,13-14H,9-12,15H2,1-3H3,(H,24,31). The van der Waals surface area contributed by atoms with Crippen molar-refractivity contribution in [3.8, 4) is 0 Å². The molecule has 0 bridgehead atoms. The van der Waals surface area contributed by atoms with E-state index in [9.17, 15) is 24.5 Å². The summed E-state index contributed by atoms with van der Waals surface area (Å²) >= 11 is 0. The molecule has 0 unspecified atom stereocenters. The van der Waals surface area contributed by atoms with Crippen molar-refractivity contribution in [2.24, 2.45) is 0 Å². The van der Waals surface area contributed by atoms with Crippen molar-refractivity contribution < 1.29 is 19.3 Å². The number of nitrogens with one attached hydrogen (secondary N) is 1. The lowest BCUT2D eigenvalue weighted by Gasteiger charge is -2.35. The Morgan fingerprint density at radius 1 is 1.06 bits per heavy atom. The Bertz CT molecular complexity index is 1080. The maximum absolute atomic E-state index is 12.8. The summed E-state index contributed by atoms with van der Waals surface area (Å²) in [5.74, 6) is -0.559. The molecule has 0 spiro atoms. The average molecular weight is 453 g/mol. The van der Waals surface area contributed by atoms with Crippen LogP contribution >= 0.6 is 0 Å². The normalized spacial score (nSPS) is 13.4. The lowest BCUT2D eigenvalue weighted by atomic mass is 10.1. The van der Waals surface area contributed by atoms with Crippen molar-refractivity contribution in [2.75, 3.05) is 43.4 Å². The predicted molar refractivity (Wildman–Crippen MR) is 124 cm³/mol. The van der Waals surface area contributed by atoms with Crippen LogP contribution in [0.5, 0.6) is 0 Å². The number of nitro benzene ring substituents is 1. The van der Waals surface area contributed by atoms with E-state index in [0.717, 1.165) is 5.56 Å². The minimum Gasteiger partial charge on any atom is -0.362 e. The smallest absolute Gasteiger partial charge is 0.293 e. The van der Waals surface area contributed by atoms with E-state index >= 15 is 0 Å². The summed E-state index contributed by atoms with van der Waals surface area (Å²) in [6, 6.07) is 11.5. The van der Waals surface area contributed by atoms with E-state index in [2.05, 4.69) is 5.32 Å². The third-order valence-corrected chi connectivity index (χ3v) is 5.64. The molecule has 1 aliphatic heterocycles. The summed E-state index contributed by atoms with van der Waals surface area (Å²) in [7, 11) is 1.69. The fourth-order valence-corrected chi connectivity index (χ4v) is 3.68. The third kappa shape index (κ3) is 5.85. The maximum Gasteiger partial charge on any atom is 0.293 e. The molecule has 1 aliphatic rings. The number of anilines is 2. The van der Waals surface area contributed by atoms with Crippen molar-refractivity contribution in [3.05, 3.63) is 63.7 Å². The van der Waals surface area contributed by atoms with Gasteiger partial charge in [0.2, 0.25) is 11.8 Å². The number of benzene rings is 2. The van der Waals surface area contributed by atoms with E-state index in [1.165, 1.54) is 19.9 Å². The van der Waals surface area contributed by atoms with Crippen molar-refractivity contribution in [2.45, 2.75) is 20.4 Å². The average Bonchev–Trinajstić information content (AvgIpc) is 2.78. The quantitative estimate of drug-likeness (QED) is 0.531. The van der Waals surface area contributed by atoms with Crippen LogP contribution in [-0.4, -0.2) is 65.7 Å². The third-order valence-electron chi connectivity index (χ3n) is 5.64. The Morgan fingerprint density at radius 2 is 1.76 bits per heavy atom. The van der Waals surface area contributed by atoms with Crippen LogP contribution in [0.3, 0.4) is 0 Å². The minimum atomic E-state index is -0.498. The van der Waals surface area contributed by atoms with Crippen LogP contribution in [0.1, 0.15) is 29.8 Å². The van der Waals surface area contributed by atoms with Gasteiger partial charge in [-0.25, -0.2) is 0 Å². The first kappa shape index (κ1) is 23.7.